The standard InChI is InChI=1S/C19H30ClN3O.2ClH/c20-18-9-7-17(8-10-18)16-22-12-5-13-23(15-14-22)19(24)6-3-1-2-4-11-21;;/h7-10H,1-6,11-16,21H2;2*1H. The van der Waals surface area contributed by atoms with Crippen molar-refractivity contribution in [1.29, 1.82) is 0 Å². The lowest BCUT2D eigenvalue weighted by Gasteiger charge is -2.22. The number of hydrogen-bond acceptors (Lipinski definition) is 3. The van der Waals surface area contributed by atoms with Crippen LogP contribution < -0.4 is 5.73 Å². The first-order valence-corrected chi connectivity index (χ1v) is 9.51. The van der Waals surface area contributed by atoms with Gasteiger partial charge in [-0.2, -0.15) is 0 Å². The van der Waals surface area contributed by atoms with Gasteiger partial charge in [0.15, 0.2) is 0 Å². The Hall–Kier alpha value is -0.520. The molecule has 150 valence electrons. The van der Waals surface area contributed by atoms with Crippen LogP contribution in [0.5, 0.6) is 0 Å². The summed E-state index contributed by atoms with van der Waals surface area (Å²) < 4.78 is 0. The van der Waals surface area contributed by atoms with Gasteiger partial charge in [-0.1, -0.05) is 36.6 Å². The monoisotopic (exact) mass is 423 g/mol. The average Bonchev–Trinajstić information content (AvgIpc) is 2.82. The van der Waals surface area contributed by atoms with Crippen molar-refractivity contribution in [1.82, 2.24) is 9.80 Å². The van der Waals surface area contributed by atoms with Gasteiger partial charge in [0.1, 0.15) is 0 Å². The Kier molecular flexibility index (Phi) is 14.2. The maximum atomic E-state index is 12.4. The van der Waals surface area contributed by atoms with Crippen molar-refractivity contribution in [3.05, 3.63) is 34.9 Å². The van der Waals surface area contributed by atoms with Crippen LogP contribution in [-0.4, -0.2) is 48.4 Å². The smallest absolute Gasteiger partial charge is 0.222 e. The highest BCUT2D eigenvalue weighted by atomic mass is 35.5. The quantitative estimate of drug-likeness (QED) is 0.638. The molecule has 4 nitrogen and oxygen atoms in total. The number of rotatable bonds is 8. The molecule has 0 aromatic heterocycles. The first-order valence-electron chi connectivity index (χ1n) is 9.13. The number of nitrogens with zero attached hydrogens (tertiary/aromatic N) is 2. The fourth-order valence-corrected chi connectivity index (χ4v) is 3.28. The summed E-state index contributed by atoms with van der Waals surface area (Å²) >= 11 is 5.94. The summed E-state index contributed by atoms with van der Waals surface area (Å²) in [4.78, 5) is 16.8. The summed E-state index contributed by atoms with van der Waals surface area (Å²) in [7, 11) is 0. The zero-order valence-corrected chi connectivity index (χ0v) is 17.8. The normalized spacial score (nSPS) is 14.9. The van der Waals surface area contributed by atoms with Gasteiger partial charge in [0.2, 0.25) is 5.91 Å². The van der Waals surface area contributed by atoms with Gasteiger partial charge in [0.05, 0.1) is 0 Å². The van der Waals surface area contributed by atoms with Gasteiger partial charge < -0.3 is 10.6 Å². The predicted octanol–water partition coefficient (Wildman–Crippen LogP) is 4.13. The van der Waals surface area contributed by atoms with Gasteiger partial charge in [-0.15, -0.1) is 24.8 Å². The maximum absolute atomic E-state index is 12.4. The summed E-state index contributed by atoms with van der Waals surface area (Å²) in [5.41, 5.74) is 6.77. The highest BCUT2D eigenvalue weighted by molar-refractivity contribution is 6.30. The molecular formula is C19H32Cl3N3O. The van der Waals surface area contributed by atoms with E-state index in [1.807, 2.05) is 17.0 Å². The highest BCUT2D eigenvalue weighted by Crippen LogP contribution is 2.14. The first-order chi connectivity index (χ1) is 11.7. The molecule has 1 amide bonds. The zero-order chi connectivity index (χ0) is 17.2. The van der Waals surface area contributed by atoms with Gasteiger partial charge in [-0.3, -0.25) is 9.69 Å². The van der Waals surface area contributed by atoms with E-state index >= 15 is 0 Å². The molecule has 1 aromatic carbocycles. The fraction of sp³-hybridized carbons (Fsp3) is 0.632. The van der Waals surface area contributed by atoms with Gasteiger partial charge in [-0.05, 0) is 43.5 Å². The van der Waals surface area contributed by atoms with Gasteiger partial charge in [0.25, 0.3) is 0 Å². The molecule has 0 atom stereocenters. The number of carbonyl (C=O) groups is 1. The second-order valence-corrected chi connectivity index (χ2v) is 7.03. The molecule has 0 saturated carbocycles. The first kappa shape index (κ1) is 25.5. The van der Waals surface area contributed by atoms with Crippen LogP contribution in [0.1, 0.15) is 44.1 Å². The van der Waals surface area contributed by atoms with E-state index in [1.54, 1.807) is 0 Å². The Morgan fingerprint density at radius 1 is 0.962 bits per heavy atom. The summed E-state index contributed by atoms with van der Waals surface area (Å²) in [6, 6.07) is 8.04. The average molecular weight is 425 g/mol. The minimum atomic E-state index is 0. The van der Waals surface area contributed by atoms with E-state index in [9.17, 15) is 4.79 Å². The molecule has 0 unspecified atom stereocenters. The Balaban J connectivity index is 0.00000312. The molecule has 1 fully saturated rings. The molecule has 1 aliphatic heterocycles. The SMILES string of the molecule is Cl.Cl.NCCCCCCC(=O)N1CCCN(Cc2ccc(Cl)cc2)CC1. The predicted molar refractivity (Wildman–Crippen MR) is 115 cm³/mol. The van der Waals surface area contributed by atoms with Gasteiger partial charge in [0, 0.05) is 44.2 Å². The Bertz CT molecular complexity index is 499. The number of benzene rings is 1. The zero-order valence-electron chi connectivity index (χ0n) is 15.4. The van der Waals surface area contributed by atoms with E-state index in [1.165, 1.54) is 5.56 Å². The van der Waals surface area contributed by atoms with E-state index in [4.69, 9.17) is 17.3 Å². The van der Waals surface area contributed by atoms with E-state index in [0.717, 1.165) is 76.4 Å². The second kappa shape index (κ2) is 14.5. The highest BCUT2D eigenvalue weighted by Gasteiger charge is 2.18. The Morgan fingerprint density at radius 2 is 1.65 bits per heavy atom. The molecule has 7 heteroatoms. The Labute approximate surface area is 175 Å². The minimum Gasteiger partial charge on any atom is -0.341 e. The summed E-state index contributed by atoms with van der Waals surface area (Å²) in [6.07, 6.45) is 6.04. The number of halogens is 3. The van der Waals surface area contributed by atoms with E-state index in [0.29, 0.717) is 12.3 Å². The molecule has 1 aromatic rings. The third kappa shape index (κ3) is 9.43. The van der Waals surface area contributed by atoms with Crippen LogP contribution >= 0.6 is 36.4 Å². The number of amides is 1. The number of hydrogen-bond donors (Lipinski definition) is 1. The molecule has 2 rings (SSSR count). The van der Waals surface area contributed by atoms with Crippen LogP contribution in [-0.2, 0) is 11.3 Å². The van der Waals surface area contributed by atoms with Crippen LogP contribution in [0.25, 0.3) is 0 Å². The molecule has 2 N–H and O–H groups in total. The van der Waals surface area contributed by atoms with Gasteiger partial charge >= 0.3 is 0 Å². The topological polar surface area (TPSA) is 49.6 Å². The van der Waals surface area contributed by atoms with E-state index in [-0.39, 0.29) is 24.8 Å². The Morgan fingerprint density at radius 3 is 2.35 bits per heavy atom. The van der Waals surface area contributed by atoms with E-state index < -0.39 is 0 Å². The molecule has 0 aliphatic carbocycles. The molecule has 1 heterocycles. The molecular weight excluding hydrogens is 393 g/mol. The van der Waals surface area contributed by atoms with Crippen molar-refractivity contribution in [3.63, 3.8) is 0 Å². The lowest BCUT2D eigenvalue weighted by Crippen LogP contribution is -2.34. The van der Waals surface area contributed by atoms with Crippen molar-refractivity contribution in [2.45, 2.75) is 45.1 Å². The summed E-state index contributed by atoms with van der Waals surface area (Å²) in [6.45, 7) is 5.40. The van der Waals surface area contributed by atoms with Crippen LogP contribution in [0.15, 0.2) is 24.3 Å². The van der Waals surface area contributed by atoms with Crippen LogP contribution in [0, 0.1) is 0 Å². The third-order valence-electron chi connectivity index (χ3n) is 4.61. The fourth-order valence-electron chi connectivity index (χ4n) is 3.16. The minimum absolute atomic E-state index is 0. The van der Waals surface area contributed by atoms with Crippen molar-refractivity contribution >= 4 is 42.3 Å². The molecule has 0 radical (unpaired) electrons. The van der Waals surface area contributed by atoms with Crippen molar-refractivity contribution in [2.75, 3.05) is 32.7 Å². The lowest BCUT2D eigenvalue weighted by molar-refractivity contribution is -0.131. The number of nitrogens with two attached hydrogens (primary N) is 1. The molecule has 1 aliphatic rings. The van der Waals surface area contributed by atoms with Crippen LogP contribution in [0.3, 0.4) is 0 Å². The van der Waals surface area contributed by atoms with Crippen LogP contribution in [0.2, 0.25) is 5.02 Å². The third-order valence-corrected chi connectivity index (χ3v) is 4.86. The number of unbranched alkanes of at least 4 members (excludes halogenated alkanes) is 3. The summed E-state index contributed by atoms with van der Waals surface area (Å²) in [5.74, 6) is 0.316. The molecule has 1 saturated heterocycles. The van der Waals surface area contributed by atoms with Crippen molar-refractivity contribution in [3.8, 4) is 0 Å². The lowest BCUT2D eigenvalue weighted by atomic mass is 10.1. The largest absolute Gasteiger partial charge is 0.341 e. The number of carbonyl (C=O) groups excluding carboxylic acids is 1. The maximum Gasteiger partial charge on any atom is 0.222 e. The summed E-state index contributed by atoms with van der Waals surface area (Å²) in [5, 5.41) is 0.776. The van der Waals surface area contributed by atoms with Crippen LogP contribution in [0.4, 0.5) is 0 Å². The van der Waals surface area contributed by atoms with Crippen molar-refractivity contribution in [2.24, 2.45) is 5.73 Å². The van der Waals surface area contributed by atoms with Gasteiger partial charge in [-0.25, -0.2) is 0 Å². The van der Waals surface area contributed by atoms with E-state index in [2.05, 4.69) is 17.0 Å². The molecule has 0 spiro atoms. The van der Waals surface area contributed by atoms with Crippen molar-refractivity contribution < 1.29 is 4.79 Å². The second-order valence-electron chi connectivity index (χ2n) is 6.59. The molecule has 26 heavy (non-hydrogen) atoms. The molecule has 0 bridgehead atoms.